The van der Waals surface area contributed by atoms with Gasteiger partial charge in [-0.1, -0.05) is 24.3 Å². The SMILES string of the molecule is COc1ccccc1CNC(=O)CCc1nnc2c(=O)n(-c3cc(C)cc(C)c3)ccn12. The Morgan fingerprint density at radius 1 is 1.06 bits per heavy atom. The molecule has 1 N–H and O–H groups in total. The first-order valence-corrected chi connectivity index (χ1v) is 10.4. The molecule has 2 aromatic heterocycles. The van der Waals surface area contributed by atoms with Crippen molar-refractivity contribution in [2.75, 3.05) is 7.11 Å². The molecule has 8 heteroatoms. The Morgan fingerprint density at radius 2 is 1.81 bits per heavy atom. The minimum atomic E-state index is -0.253. The lowest BCUT2D eigenvalue weighted by Gasteiger charge is -2.10. The number of benzene rings is 2. The first-order valence-electron chi connectivity index (χ1n) is 10.4. The van der Waals surface area contributed by atoms with Crippen LogP contribution in [0.25, 0.3) is 11.3 Å². The highest BCUT2D eigenvalue weighted by atomic mass is 16.5. The number of fused-ring (bicyclic) bond motifs is 1. The molecule has 4 aromatic rings. The Kier molecular flexibility index (Phi) is 6.02. The summed E-state index contributed by atoms with van der Waals surface area (Å²) in [5.41, 5.74) is 3.83. The number of amides is 1. The van der Waals surface area contributed by atoms with Gasteiger partial charge in [-0.2, -0.15) is 0 Å². The highest BCUT2D eigenvalue weighted by Gasteiger charge is 2.13. The van der Waals surface area contributed by atoms with Crippen molar-refractivity contribution in [2.24, 2.45) is 0 Å². The topological polar surface area (TPSA) is 90.5 Å². The van der Waals surface area contributed by atoms with Gasteiger partial charge in [-0.25, -0.2) is 0 Å². The van der Waals surface area contributed by atoms with Crippen molar-refractivity contribution in [2.45, 2.75) is 33.2 Å². The molecule has 0 unspecified atom stereocenters. The molecule has 0 aliphatic carbocycles. The van der Waals surface area contributed by atoms with Gasteiger partial charge >= 0.3 is 5.56 Å². The third kappa shape index (κ3) is 4.39. The molecule has 0 spiro atoms. The molecule has 0 aliphatic heterocycles. The second kappa shape index (κ2) is 9.05. The molecule has 0 fully saturated rings. The largest absolute Gasteiger partial charge is 0.496 e. The first-order chi connectivity index (χ1) is 15.5. The number of nitrogens with zero attached hydrogens (tertiary/aromatic N) is 4. The van der Waals surface area contributed by atoms with E-state index in [2.05, 4.69) is 21.6 Å². The monoisotopic (exact) mass is 431 g/mol. The molecule has 0 saturated heterocycles. The third-order valence-corrected chi connectivity index (χ3v) is 5.27. The Bertz CT molecular complexity index is 1320. The standard InChI is InChI=1S/C24H25N5O3/c1-16-12-17(2)14-19(13-16)28-10-11-29-21(26-27-23(29)24(28)31)8-9-22(30)25-15-18-6-4-5-7-20(18)32-3/h4-7,10-14H,8-9,15H2,1-3H3,(H,25,30). The molecule has 0 radical (unpaired) electrons. The van der Waals surface area contributed by atoms with Gasteiger partial charge in [-0.05, 0) is 43.2 Å². The zero-order valence-electron chi connectivity index (χ0n) is 18.3. The van der Waals surface area contributed by atoms with Crippen LogP contribution in [0.4, 0.5) is 0 Å². The van der Waals surface area contributed by atoms with Gasteiger partial charge in [0.1, 0.15) is 11.6 Å². The second-order valence-electron chi connectivity index (χ2n) is 7.72. The fraction of sp³-hybridized carbons (Fsp3) is 0.250. The van der Waals surface area contributed by atoms with E-state index in [9.17, 15) is 9.59 Å². The number of methoxy groups -OCH3 is 1. The van der Waals surface area contributed by atoms with E-state index in [1.165, 1.54) is 0 Å². The van der Waals surface area contributed by atoms with Crippen LogP contribution in [0.15, 0.2) is 59.7 Å². The molecule has 8 nitrogen and oxygen atoms in total. The number of nitrogens with one attached hydrogen (secondary N) is 1. The maximum Gasteiger partial charge on any atom is 0.300 e. The number of para-hydroxylation sites is 1. The summed E-state index contributed by atoms with van der Waals surface area (Å²) in [6.07, 6.45) is 4.07. The van der Waals surface area contributed by atoms with Crippen LogP contribution in [0.2, 0.25) is 0 Å². The summed E-state index contributed by atoms with van der Waals surface area (Å²) in [6, 6.07) is 13.5. The predicted molar refractivity (Wildman–Crippen MR) is 121 cm³/mol. The molecule has 0 atom stereocenters. The summed E-state index contributed by atoms with van der Waals surface area (Å²) in [5, 5.41) is 11.1. The zero-order chi connectivity index (χ0) is 22.7. The Labute approximate surface area is 185 Å². The first kappa shape index (κ1) is 21.3. The normalized spacial score (nSPS) is 11.0. The highest BCUT2D eigenvalue weighted by molar-refractivity contribution is 5.76. The third-order valence-electron chi connectivity index (χ3n) is 5.27. The van der Waals surface area contributed by atoms with E-state index in [4.69, 9.17) is 4.74 Å². The number of rotatable bonds is 7. The van der Waals surface area contributed by atoms with Crippen LogP contribution in [0.5, 0.6) is 5.75 Å². The Hall–Kier alpha value is -3.94. The van der Waals surface area contributed by atoms with E-state index in [-0.39, 0.29) is 23.5 Å². The number of aryl methyl sites for hydroxylation is 3. The summed E-state index contributed by atoms with van der Waals surface area (Å²) >= 11 is 0. The van der Waals surface area contributed by atoms with Gasteiger partial charge in [0.25, 0.3) is 0 Å². The number of ether oxygens (including phenoxy) is 1. The van der Waals surface area contributed by atoms with Crippen LogP contribution < -0.4 is 15.6 Å². The molecule has 1 amide bonds. The summed E-state index contributed by atoms with van der Waals surface area (Å²) in [4.78, 5) is 25.3. The summed E-state index contributed by atoms with van der Waals surface area (Å²) in [6.45, 7) is 4.37. The van der Waals surface area contributed by atoms with Gasteiger partial charge in [0, 0.05) is 43.0 Å². The minimum Gasteiger partial charge on any atom is -0.496 e. The van der Waals surface area contributed by atoms with Crippen LogP contribution in [0.3, 0.4) is 0 Å². The highest BCUT2D eigenvalue weighted by Crippen LogP contribution is 2.17. The van der Waals surface area contributed by atoms with E-state index in [0.717, 1.165) is 28.1 Å². The van der Waals surface area contributed by atoms with Crippen molar-refractivity contribution in [3.8, 4) is 11.4 Å². The maximum absolute atomic E-state index is 13.0. The molecule has 0 aliphatic rings. The van der Waals surface area contributed by atoms with Crippen LogP contribution in [0, 0.1) is 13.8 Å². The molecular weight excluding hydrogens is 406 g/mol. The van der Waals surface area contributed by atoms with E-state index >= 15 is 0 Å². The molecule has 32 heavy (non-hydrogen) atoms. The minimum absolute atomic E-state index is 0.115. The van der Waals surface area contributed by atoms with E-state index in [1.54, 1.807) is 28.5 Å². The Morgan fingerprint density at radius 3 is 2.56 bits per heavy atom. The molecule has 164 valence electrons. The number of carbonyl (C=O) groups excluding carboxylic acids is 1. The van der Waals surface area contributed by atoms with Gasteiger partial charge in [0.2, 0.25) is 11.6 Å². The van der Waals surface area contributed by atoms with Crippen molar-refractivity contribution in [1.82, 2.24) is 24.5 Å². The Balaban J connectivity index is 1.47. The zero-order valence-corrected chi connectivity index (χ0v) is 18.3. The average Bonchev–Trinajstić information content (AvgIpc) is 3.20. The maximum atomic E-state index is 13.0. The van der Waals surface area contributed by atoms with Crippen LogP contribution >= 0.6 is 0 Å². The summed E-state index contributed by atoms with van der Waals surface area (Å²) in [5.74, 6) is 1.18. The van der Waals surface area contributed by atoms with Crippen molar-refractivity contribution in [1.29, 1.82) is 0 Å². The lowest BCUT2D eigenvalue weighted by Crippen LogP contribution is -2.24. The smallest absolute Gasteiger partial charge is 0.300 e. The van der Waals surface area contributed by atoms with Gasteiger partial charge in [0.15, 0.2) is 0 Å². The molecule has 4 rings (SSSR count). The van der Waals surface area contributed by atoms with Crippen LogP contribution in [-0.2, 0) is 17.8 Å². The van der Waals surface area contributed by atoms with Crippen molar-refractivity contribution in [3.05, 3.63) is 87.7 Å². The average molecular weight is 431 g/mol. The predicted octanol–water partition coefficient (Wildman–Crippen LogP) is 2.75. The number of aromatic nitrogens is 4. The van der Waals surface area contributed by atoms with Crippen molar-refractivity contribution < 1.29 is 9.53 Å². The van der Waals surface area contributed by atoms with Gasteiger partial charge in [-0.3, -0.25) is 18.6 Å². The van der Waals surface area contributed by atoms with E-state index < -0.39 is 0 Å². The molecule has 0 bridgehead atoms. The number of hydrogen-bond acceptors (Lipinski definition) is 5. The summed E-state index contributed by atoms with van der Waals surface area (Å²) in [7, 11) is 1.60. The molecule has 2 heterocycles. The van der Waals surface area contributed by atoms with Crippen molar-refractivity contribution >= 4 is 11.6 Å². The lowest BCUT2D eigenvalue weighted by molar-refractivity contribution is -0.121. The van der Waals surface area contributed by atoms with Gasteiger partial charge in [0.05, 0.1) is 7.11 Å². The fourth-order valence-electron chi connectivity index (χ4n) is 3.75. The molecule has 2 aromatic carbocycles. The summed E-state index contributed by atoms with van der Waals surface area (Å²) < 4.78 is 8.52. The van der Waals surface area contributed by atoms with Crippen LogP contribution in [0.1, 0.15) is 28.9 Å². The molecular formula is C24H25N5O3. The van der Waals surface area contributed by atoms with Gasteiger partial charge in [-0.15, -0.1) is 10.2 Å². The number of carbonyl (C=O) groups is 1. The second-order valence-corrected chi connectivity index (χ2v) is 7.72. The quantitative estimate of drug-likeness (QED) is 0.486. The van der Waals surface area contributed by atoms with E-state index in [0.29, 0.717) is 18.8 Å². The van der Waals surface area contributed by atoms with Crippen LogP contribution in [-0.4, -0.2) is 32.2 Å². The van der Waals surface area contributed by atoms with E-state index in [1.807, 2.05) is 50.2 Å². The van der Waals surface area contributed by atoms with Crippen molar-refractivity contribution in [3.63, 3.8) is 0 Å². The fourth-order valence-corrected chi connectivity index (χ4v) is 3.75. The molecule has 0 saturated carbocycles. The lowest BCUT2D eigenvalue weighted by atomic mass is 10.1. The van der Waals surface area contributed by atoms with Gasteiger partial charge < -0.3 is 10.1 Å². The number of hydrogen-bond donors (Lipinski definition) is 1.